The first kappa shape index (κ1) is 15.4. The summed E-state index contributed by atoms with van der Waals surface area (Å²) in [6.45, 7) is 7.70. The fraction of sp³-hybridized carbons (Fsp3) is 0.500. The highest BCUT2D eigenvalue weighted by Gasteiger charge is 2.30. The van der Waals surface area contributed by atoms with Crippen molar-refractivity contribution in [3.63, 3.8) is 0 Å². The smallest absolute Gasteiger partial charge is 0.223 e. The van der Waals surface area contributed by atoms with Crippen LogP contribution >= 0.6 is 0 Å². The van der Waals surface area contributed by atoms with Gasteiger partial charge in [-0.2, -0.15) is 0 Å². The predicted molar refractivity (Wildman–Crippen MR) is 75.6 cm³/mol. The van der Waals surface area contributed by atoms with E-state index < -0.39 is 0 Å². The Morgan fingerprint density at radius 1 is 1.37 bits per heavy atom. The summed E-state index contributed by atoms with van der Waals surface area (Å²) < 4.78 is 5.16. The Morgan fingerprint density at radius 3 is 2.53 bits per heavy atom. The van der Waals surface area contributed by atoms with Crippen LogP contribution < -0.4 is 0 Å². The summed E-state index contributed by atoms with van der Waals surface area (Å²) in [5, 5.41) is 0. The second kappa shape index (κ2) is 6.50. The molecule has 0 heterocycles. The highest BCUT2D eigenvalue weighted by molar-refractivity contribution is 6.21. The summed E-state index contributed by atoms with van der Waals surface area (Å²) in [4.78, 5) is 24.1. The molecule has 0 saturated heterocycles. The molecule has 0 radical (unpaired) electrons. The molecule has 0 bridgehead atoms. The predicted octanol–water partition coefficient (Wildman–Crippen LogP) is 3.37. The quantitative estimate of drug-likeness (QED) is 0.563. The van der Waals surface area contributed by atoms with Crippen LogP contribution in [0.3, 0.4) is 0 Å². The SMILES string of the molecule is COC1=C(C(C)CCC=C(C)C)C(=O)C=C(C)C1=O. The fourth-order valence-corrected chi connectivity index (χ4v) is 2.19. The average molecular weight is 262 g/mol. The molecule has 0 fully saturated rings. The fourth-order valence-electron chi connectivity index (χ4n) is 2.19. The highest BCUT2D eigenvalue weighted by Crippen LogP contribution is 2.28. The molecule has 0 amide bonds. The van der Waals surface area contributed by atoms with Gasteiger partial charge in [-0.25, -0.2) is 0 Å². The minimum absolute atomic E-state index is 0.0198. The number of hydrogen-bond donors (Lipinski definition) is 0. The summed E-state index contributed by atoms with van der Waals surface area (Å²) >= 11 is 0. The van der Waals surface area contributed by atoms with E-state index in [0.717, 1.165) is 12.8 Å². The van der Waals surface area contributed by atoms with E-state index in [1.807, 2.05) is 20.8 Å². The van der Waals surface area contributed by atoms with E-state index in [1.54, 1.807) is 6.92 Å². The third-order valence-corrected chi connectivity index (χ3v) is 3.27. The largest absolute Gasteiger partial charge is 0.492 e. The molecule has 1 unspecified atom stereocenters. The number of rotatable bonds is 5. The monoisotopic (exact) mass is 262 g/mol. The number of carbonyl (C=O) groups excluding carboxylic acids is 2. The molecule has 0 aromatic carbocycles. The first-order chi connectivity index (χ1) is 8.88. The van der Waals surface area contributed by atoms with Crippen LogP contribution in [0.2, 0.25) is 0 Å². The maximum Gasteiger partial charge on any atom is 0.223 e. The van der Waals surface area contributed by atoms with E-state index in [9.17, 15) is 9.59 Å². The molecule has 0 aliphatic heterocycles. The summed E-state index contributed by atoms with van der Waals surface area (Å²) in [6, 6.07) is 0. The normalized spacial score (nSPS) is 17.2. The number of ether oxygens (including phenoxy) is 1. The molecular weight excluding hydrogens is 240 g/mol. The van der Waals surface area contributed by atoms with Gasteiger partial charge in [-0.05, 0) is 45.6 Å². The summed E-state index contributed by atoms with van der Waals surface area (Å²) in [7, 11) is 1.45. The van der Waals surface area contributed by atoms with Crippen LogP contribution in [-0.4, -0.2) is 18.7 Å². The van der Waals surface area contributed by atoms with Crippen molar-refractivity contribution in [2.75, 3.05) is 7.11 Å². The average Bonchev–Trinajstić information content (AvgIpc) is 2.32. The van der Waals surface area contributed by atoms with E-state index in [-0.39, 0.29) is 23.2 Å². The van der Waals surface area contributed by atoms with Crippen LogP contribution in [0.5, 0.6) is 0 Å². The van der Waals surface area contributed by atoms with Crippen molar-refractivity contribution in [1.29, 1.82) is 0 Å². The molecule has 1 atom stereocenters. The van der Waals surface area contributed by atoms with Crippen molar-refractivity contribution in [2.24, 2.45) is 5.92 Å². The molecule has 0 spiro atoms. The topological polar surface area (TPSA) is 43.4 Å². The lowest BCUT2D eigenvalue weighted by Gasteiger charge is -2.20. The van der Waals surface area contributed by atoms with Crippen molar-refractivity contribution >= 4 is 11.6 Å². The number of ketones is 2. The van der Waals surface area contributed by atoms with Crippen LogP contribution in [0.25, 0.3) is 0 Å². The highest BCUT2D eigenvalue weighted by atomic mass is 16.5. The minimum atomic E-state index is -0.175. The number of methoxy groups -OCH3 is 1. The second-order valence-electron chi connectivity index (χ2n) is 5.23. The van der Waals surface area contributed by atoms with Crippen LogP contribution in [0.15, 0.2) is 34.6 Å². The van der Waals surface area contributed by atoms with Crippen molar-refractivity contribution in [2.45, 2.75) is 40.5 Å². The number of hydrogen-bond acceptors (Lipinski definition) is 3. The van der Waals surface area contributed by atoms with E-state index in [2.05, 4.69) is 6.08 Å². The van der Waals surface area contributed by atoms with Gasteiger partial charge in [-0.15, -0.1) is 0 Å². The lowest BCUT2D eigenvalue weighted by molar-refractivity contribution is -0.118. The maximum absolute atomic E-state index is 12.1. The number of allylic oxidation sites excluding steroid dienone is 5. The van der Waals surface area contributed by atoms with Crippen molar-refractivity contribution < 1.29 is 14.3 Å². The standard InChI is InChI=1S/C16H22O3/c1-10(2)7-6-8-11(3)14-13(17)9-12(4)15(18)16(14)19-5/h7,9,11H,6,8H2,1-5H3. The Bertz CT molecular complexity index is 474. The molecule has 0 aromatic heterocycles. The lowest BCUT2D eigenvalue weighted by Crippen LogP contribution is -2.23. The van der Waals surface area contributed by atoms with Gasteiger partial charge in [0.05, 0.1) is 7.11 Å². The van der Waals surface area contributed by atoms with E-state index in [4.69, 9.17) is 4.74 Å². The molecule has 0 aromatic rings. The van der Waals surface area contributed by atoms with Crippen molar-refractivity contribution in [3.05, 3.63) is 34.6 Å². The first-order valence-corrected chi connectivity index (χ1v) is 6.57. The molecule has 1 rings (SSSR count). The molecule has 3 nitrogen and oxygen atoms in total. The Labute approximate surface area is 115 Å². The van der Waals surface area contributed by atoms with Gasteiger partial charge < -0.3 is 4.74 Å². The summed E-state index contributed by atoms with van der Waals surface area (Å²) in [6.07, 6.45) is 5.28. The molecular formula is C16H22O3. The maximum atomic E-state index is 12.1. The van der Waals surface area contributed by atoms with Gasteiger partial charge in [0.15, 0.2) is 11.5 Å². The van der Waals surface area contributed by atoms with Crippen molar-refractivity contribution in [3.8, 4) is 0 Å². The van der Waals surface area contributed by atoms with Gasteiger partial charge in [0, 0.05) is 11.1 Å². The van der Waals surface area contributed by atoms with E-state index in [0.29, 0.717) is 11.1 Å². The van der Waals surface area contributed by atoms with Crippen molar-refractivity contribution in [1.82, 2.24) is 0 Å². The van der Waals surface area contributed by atoms with Gasteiger partial charge in [0.1, 0.15) is 0 Å². The Kier molecular flexibility index (Phi) is 5.28. The Balaban J connectivity index is 2.95. The zero-order valence-corrected chi connectivity index (χ0v) is 12.4. The van der Waals surface area contributed by atoms with Crippen LogP contribution in [-0.2, 0) is 14.3 Å². The molecule has 0 N–H and O–H groups in total. The minimum Gasteiger partial charge on any atom is -0.492 e. The third-order valence-electron chi connectivity index (χ3n) is 3.27. The molecule has 3 heteroatoms. The van der Waals surface area contributed by atoms with Gasteiger partial charge in [0.2, 0.25) is 5.78 Å². The zero-order valence-electron chi connectivity index (χ0n) is 12.4. The van der Waals surface area contributed by atoms with Gasteiger partial charge >= 0.3 is 0 Å². The Hall–Kier alpha value is -1.64. The molecule has 1 aliphatic rings. The summed E-state index contributed by atoms with van der Waals surface area (Å²) in [5.74, 6) is -0.0362. The van der Waals surface area contributed by atoms with Gasteiger partial charge in [0.25, 0.3) is 0 Å². The van der Waals surface area contributed by atoms with Crippen LogP contribution in [0.4, 0.5) is 0 Å². The second-order valence-corrected chi connectivity index (χ2v) is 5.23. The van der Waals surface area contributed by atoms with E-state index in [1.165, 1.54) is 18.8 Å². The van der Waals surface area contributed by atoms with Crippen LogP contribution in [0.1, 0.15) is 40.5 Å². The molecule has 0 saturated carbocycles. The lowest BCUT2D eigenvalue weighted by atomic mass is 9.85. The van der Waals surface area contributed by atoms with Gasteiger partial charge in [-0.1, -0.05) is 18.6 Å². The third kappa shape index (κ3) is 3.66. The molecule has 19 heavy (non-hydrogen) atoms. The molecule has 1 aliphatic carbocycles. The first-order valence-electron chi connectivity index (χ1n) is 6.57. The number of Topliss-reactive ketones (excluding diaryl/α,β-unsaturated/α-hetero) is 1. The Morgan fingerprint density at radius 2 is 2.00 bits per heavy atom. The van der Waals surface area contributed by atoms with Crippen LogP contribution in [0, 0.1) is 5.92 Å². The summed E-state index contributed by atoms with van der Waals surface area (Å²) in [5.41, 5.74) is 2.22. The van der Waals surface area contributed by atoms with E-state index >= 15 is 0 Å². The molecule has 104 valence electrons. The zero-order chi connectivity index (χ0) is 14.6. The number of carbonyl (C=O) groups is 2. The van der Waals surface area contributed by atoms with Gasteiger partial charge in [-0.3, -0.25) is 9.59 Å².